The summed E-state index contributed by atoms with van der Waals surface area (Å²) in [6.45, 7) is 10.5. The van der Waals surface area contributed by atoms with Crippen molar-refractivity contribution in [2.24, 2.45) is 11.1 Å². The maximum atomic E-state index is 13.0. The SMILES string of the molecule is CCOc1ccc(NC(=O)C(CC)(CC)CN)cc1S(=O)(=O)N(CC)CC.Cl. The van der Waals surface area contributed by atoms with E-state index in [-0.39, 0.29) is 35.5 Å². The lowest BCUT2D eigenvalue weighted by atomic mass is 9.81. The van der Waals surface area contributed by atoms with E-state index in [0.717, 1.165) is 0 Å². The number of nitrogens with two attached hydrogens (primary N) is 1. The van der Waals surface area contributed by atoms with Gasteiger partial charge in [-0.15, -0.1) is 12.4 Å². The molecule has 0 aliphatic rings. The van der Waals surface area contributed by atoms with Crippen LogP contribution in [0.2, 0.25) is 0 Å². The Labute approximate surface area is 175 Å². The number of ether oxygens (including phenoxy) is 1. The average Bonchev–Trinajstić information content (AvgIpc) is 2.65. The van der Waals surface area contributed by atoms with Gasteiger partial charge in [-0.2, -0.15) is 4.31 Å². The highest BCUT2D eigenvalue weighted by atomic mass is 35.5. The largest absolute Gasteiger partial charge is 0.492 e. The van der Waals surface area contributed by atoms with E-state index in [9.17, 15) is 13.2 Å². The molecule has 1 aromatic carbocycles. The van der Waals surface area contributed by atoms with Gasteiger partial charge in [0, 0.05) is 25.3 Å². The highest BCUT2D eigenvalue weighted by Gasteiger charge is 2.34. The van der Waals surface area contributed by atoms with Crippen molar-refractivity contribution >= 4 is 34.0 Å². The number of carbonyl (C=O) groups is 1. The van der Waals surface area contributed by atoms with E-state index in [2.05, 4.69) is 5.32 Å². The highest BCUT2D eigenvalue weighted by molar-refractivity contribution is 7.89. The van der Waals surface area contributed by atoms with Crippen LogP contribution in [0.15, 0.2) is 23.1 Å². The van der Waals surface area contributed by atoms with Crippen LogP contribution >= 0.6 is 12.4 Å². The van der Waals surface area contributed by atoms with Crippen LogP contribution in [-0.2, 0) is 14.8 Å². The van der Waals surface area contributed by atoms with Gasteiger partial charge < -0.3 is 15.8 Å². The topological polar surface area (TPSA) is 102 Å². The lowest BCUT2D eigenvalue weighted by Gasteiger charge is -2.28. The van der Waals surface area contributed by atoms with Crippen LogP contribution in [0.1, 0.15) is 47.5 Å². The van der Waals surface area contributed by atoms with Gasteiger partial charge in [0.25, 0.3) is 0 Å². The second-order valence-electron chi connectivity index (χ2n) is 6.33. The first kappa shape index (κ1) is 26.6. The molecule has 0 atom stereocenters. The Hall–Kier alpha value is -1.35. The predicted octanol–water partition coefficient (Wildman–Crippen LogP) is 3.24. The molecule has 1 amide bonds. The van der Waals surface area contributed by atoms with Crippen molar-refractivity contribution in [3.05, 3.63) is 18.2 Å². The van der Waals surface area contributed by atoms with Crippen LogP contribution in [0.4, 0.5) is 5.69 Å². The third-order valence-corrected chi connectivity index (χ3v) is 7.12. The molecule has 0 saturated heterocycles. The Balaban J connectivity index is 0.00000729. The van der Waals surface area contributed by atoms with Gasteiger partial charge in [0.15, 0.2) is 0 Å². The molecule has 0 aliphatic heterocycles. The lowest BCUT2D eigenvalue weighted by molar-refractivity contribution is -0.125. The van der Waals surface area contributed by atoms with E-state index >= 15 is 0 Å². The zero-order chi connectivity index (χ0) is 20.7. The number of carbonyl (C=O) groups excluding carboxylic acids is 1. The normalized spacial score (nSPS) is 11.8. The second kappa shape index (κ2) is 11.6. The summed E-state index contributed by atoms with van der Waals surface area (Å²) in [6.07, 6.45) is 1.21. The van der Waals surface area contributed by atoms with E-state index in [0.29, 0.717) is 38.2 Å². The fourth-order valence-electron chi connectivity index (χ4n) is 2.98. The Morgan fingerprint density at radius 1 is 1.14 bits per heavy atom. The Kier molecular flexibility index (Phi) is 11.0. The van der Waals surface area contributed by atoms with Crippen molar-refractivity contribution in [3.63, 3.8) is 0 Å². The molecule has 0 heterocycles. The van der Waals surface area contributed by atoms with Gasteiger partial charge in [-0.3, -0.25) is 4.79 Å². The number of amides is 1. The predicted molar refractivity (Wildman–Crippen MR) is 116 cm³/mol. The molecule has 0 radical (unpaired) electrons. The molecule has 0 spiro atoms. The average molecular weight is 436 g/mol. The molecule has 162 valence electrons. The van der Waals surface area contributed by atoms with E-state index in [4.69, 9.17) is 10.5 Å². The summed E-state index contributed by atoms with van der Waals surface area (Å²) in [5.74, 6) is 0.0730. The number of nitrogens with zero attached hydrogens (tertiary/aromatic N) is 1. The molecular formula is C19H34ClN3O4S. The standard InChI is InChI=1S/C19H33N3O4S.ClH/c1-6-19(7-2,14-20)18(23)21-15-11-12-16(26-10-5)17(13-15)27(24,25)22(8-3)9-4;/h11-13H,6-10,14,20H2,1-5H3,(H,21,23);1H. The fraction of sp³-hybridized carbons (Fsp3) is 0.632. The number of hydrogen-bond acceptors (Lipinski definition) is 5. The second-order valence-corrected chi connectivity index (χ2v) is 8.24. The molecule has 1 aromatic rings. The molecule has 0 aliphatic carbocycles. The first-order chi connectivity index (χ1) is 12.8. The zero-order valence-electron chi connectivity index (χ0n) is 17.4. The smallest absolute Gasteiger partial charge is 0.246 e. The van der Waals surface area contributed by atoms with Crippen molar-refractivity contribution in [3.8, 4) is 5.75 Å². The number of hydrogen-bond donors (Lipinski definition) is 2. The van der Waals surface area contributed by atoms with Crippen molar-refractivity contribution in [1.29, 1.82) is 0 Å². The Morgan fingerprint density at radius 3 is 2.14 bits per heavy atom. The van der Waals surface area contributed by atoms with Crippen LogP contribution in [0.5, 0.6) is 5.75 Å². The van der Waals surface area contributed by atoms with E-state index in [1.165, 1.54) is 10.4 Å². The summed E-state index contributed by atoms with van der Waals surface area (Å²) >= 11 is 0. The lowest BCUT2D eigenvalue weighted by Crippen LogP contribution is -2.41. The molecule has 7 nitrogen and oxygen atoms in total. The van der Waals surface area contributed by atoms with E-state index in [1.807, 2.05) is 13.8 Å². The van der Waals surface area contributed by atoms with Crippen molar-refractivity contribution in [2.45, 2.75) is 52.4 Å². The maximum absolute atomic E-state index is 13.0. The van der Waals surface area contributed by atoms with Gasteiger partial charge in [-0.05, 0) is 38.0 Å². The molecule has 9 heteroatoms. The molecule has 0 aromatic heterocycles. The highest BCUT2D eigenvalue weighted by Crippen LogP contribution is 2.32. The molecule has 1 rings (SSSR count). The third-order valence-electron chi connectivity index (χ3n) is 5.05. The fourth-order valence-corrected chi connectivity index (χ4v) is 4.60. The first-order valence-electron chi connectivity index (χ1n) is 9.54. The monoisotopic (exact) mass is 435 g/mol. The van der Waals surface area contributed by atoms with Crippen LogP contribution in [0, 0.1) is 5.41 Å². The van der Waals surface area contributed by atoms with Gasteiger partial charge in [-0.1, -0.05) is 27.7 Å². The molecule has 0 saturated carbocycles. The number of halogens is 1. The molecule has 0 unspecified atom stereocenters. The van der Waals surface area contributed by atoms with Crippen molar-refractivity contribution in [2.75, 3.05) is 31.6 Å². The van der Waals surface area contributed by atoms with Gasteiger partial charge in [-0.25, -0.2) is 8.42 Å². The minimum atomic E-state index is -3.73. The van der Waals surface area contributed by atoms with Crippen LogP contribution in [-0.4, -0.2) is 44.9 Å². The van der Waals surface area contributed by atoms with Gasteiger partial charge in [0.05, 0.1) is 12.0 Å². The van der Waals surface area contributed by atoms with Gasteiger partial charge >= 0.3 is 0 Å². The van der Waals surface area contributed by atoms with Crippen molar-refractivity contribution < 1.29 is 17.9 Å². The number of benzene rings is 1. The quantitative estimate of drug-likeness (QED) is 0.555. The number of sulfonamides is 1. The molecule has 28 heavy (non-hydrogen) atoms. The first-order valence-corrected chi connectivity index (χ1v) is 11.0. The Morgan fingerprint density at radius 2 is 1.71 bits per heavy atom. The van der Waals surface area contributed by atoms with Gasteiger partial charge in [0.2, 0.25) is 15.9 Å². The Bertz CT molecular complexity index is 724. The van der Waals surface area contributed by atoms with E-state index in [1.54, 1.807) is 32.9 Å². The van der Waals surface area contributed by atoms with Crippen LogP contribution < -0.4 is 15.8 Å². The minimum absolute atomic E-state index is 0. The number of rotatable bonds is 11. The third kappa shape index (κ3) is 5.59. The maximum Gasteiger partial charge on any atom is 0.246 e. The summed E-state index contributed by atoms with van der Waals surface area (Å²) in [5, 5.41) is 2.83. The zero-order valence-corrected chi connectivity index (χ0v) is 19.1. The molecule has 0 bridgehead atoms. The molecule has 3 N–H and O–H groups in total. The summed E-state index contributed by atoms with van der Waals surface area (Å²) in [5.41, 5.74) is 5.58. The summed E-state index contributed by atoms with van der Waals surface area (Å²) in [4.78, 5) is 12.8. The van der Waals surface area contributed by atoms with Crippen molar-refractivity contribution in [1.82, 2.24) is 4.31 Å². The number of nitrogens with one attached hydrogen (secondary N) is 1. The van der Waals surface area contributed by atoms with E-state index < -0.39 is 15.4 Å². The van der Waals surface area contributed by atoms with Crippen LogP contribution in [0.3, 0.4) is 0 Å². The summed E-state index contributed by atoms with van der Waals surface area (Å²) in [6, 6.07) is 4.69. The summed E-state index contributed by atoms with van der Waals surface area (Å²) < 4.78 is 32.9. The molecular weight excluding hydrogens is 402 g/mol. The van der Waals surface area contributed by atoms with Crippen LogP contribution in [0.25, 0.3) is 0 Å². The molecule has 0 fully saturated rings. The van der Waals surface area contributed by atoms with Gasteiger partial charge in [0.1, 0.15) is 10.6 Å². The minimum Gasteiger partial charge on any atom is -0.492 e. The number of anilines is 1. The summed E-state index contributed by atoms with van der Waals surface area (Å²) in [7, 11) is -3.73.